The number of nitrogens with one attached hydrogen (secondary N) is 1. The lowest BCUT2D eigenvalue weighted by Crippen LogP contribution is -2.24. The highest BCUT2D eigenvalue weighted by Gasteiger charge is 2.01. The molecular formula is C15H29NO3. The number of carboxylic acids is 1. The Morgan fingerprint density at radius 3 is 2.05 bits per heavy atom. The van der Waals surface area contributed by atoms with Crippen LogP contribution in [0.5, 0.6) is 0 Å². The van der Waals surface area contributed by atoms with Gasteiger partial charge in [-0.25, -0.2) is 0 Å². The van der Waals surface area contributed by atoms with Gasteiger partial charge in [-0.05, 0) is 19.3 Å². The minimum absolute atomic E-state index is 0.101. The van der Waals surface area contributed by atoms with E-state index >= 15 is 0 Å². The average Bonchev–Trinajstić information content (AvgIpc) is 2.37. The zero-order valence-corrected chi connectivity index (χ0v) is 12.2. The number of amides is 1. The Labute approximate surface area is 117 Å². The van der Waals surface area contributed by atoms with Crippen LogP contribution in [0.1, 0.15) is 77.6 Å². The summed E-state index contributed by atoms with van der Waals surface area (Å²) in [6.07, 6.45) is 10.7. The highest BCUT2D eigenvalue weighted by Crippen LogP contribution is 2.08. The van der Waals surface area contributed by atoms with E-state index in [0.29, 0.717) is 19.4 Å². The zero-order valence-electron chi connectivity index (χ0n) is 12.2. The van der Waals surface area contributed by atoms with Crippen LogP contribution >= 0.6 is 0 Å². The molecule has 0 aliphatic rings. The third-order valence-corrected chi connectivity index (χ3v) is 3.15. The zero-order chi connectivity index (χ0) is 14.3. The monoisotopic (exact) mass is 271 g/mol. The van der Waals surface area contributed by atoms with Gasteiger partial charge in [0.1, 0.15) is 0 Å². The molecule has 0 radical (unpaired) electrons. The summed E-state index contributed by atoms with van der Waals surface area (Å²) in [7, 11) is 0. The number of carbonyl (C=O) groups is 2. The number of hydrogen-bond donors (Lipinski definition) is 2. The number of carbonyl (C=O) groups excluding carboxylic acids is 1. The summed E-state index contributed by atoms with van der Waals surface area (Å²) in [5.74, 6) is -0.668. The normalized spacial score (nSPS) is 10.4. The summed E-state index contributed by atoms with van der Waals surface area (Å²) in [6, 6.07) is 0. The predicted molar refractivity (Wildman–Crippen MR) is 77.1 cm³/mol. The van der Waals surface area contributed by atoms with Crippen molar-refractivity contribution in [3.8, 4) is 0 Å². The number of rotatable bonds is 13. The first-order valence-electron chi connectivity index (χ1n) is 7.65. The van der Waals surface area contributed by atoms with Gasteiger partial charge in [0.15, 0.2) is 0 Å². The molecule has 0 aliphatic heterocycles. The van der Waals surface area contributed by atoms with E-state index in [1.54, 1.807) is 0 Å². The fourth-order valence-corrected chi connectivity index (χ4v) is 1.96. The SMILES string of the molecule is CCCCCCCCCC(=O)NCCCCC(=O)O. The minimum atomic E-state index is -0.769. The highest BCUT2D eigenvalue weighted by molar-refractivity contribution is 5.75. The van der Waals surface area contributed by atoms with Gasteiger partial charge in [0.2, 0.25) is 5.91 Å². The van der Waals surface area contributed by atoms with Gasteiger partial charge in [0.05, 0.1) is 0 Å². The third kappa shape index (κ3) is 14.9. The molecule has 112 valence electrons. The molecule has 1 amide bonds. The lowest BCUT2D eigenvalue weighted by Gasteiger charge is -2.04. The maximum atomic E-state index is 11.4. The number of carboxylic acid groups (broad SMARTS) is 1. The molecule has 2 N–H and O–H groups in total. The smallest absolute Gasteiger partial charge is 0.303 e. The van der Waals surface area contributed by atoms with Gasteiger partial charge in [-0.15, -0.1) is 0 Å². The molecule has 0 fully saturated rings. The van der Waals surface area contributed by atoms with E-state index in [0.717, 1.165) is 19.3 Å². The molecule has 0 spiro atoms. The molecule has 0 saturated carbocycles. The fourth-order valence-electron chi connectivity index (χ4n) is 1.96. The first kappa shape index (κ1) is 17.9. The highest BCUT2D eigenvalue weighted by atomic mass is 16.4. The number of aliphatic carboxylic acids is 1. The largest absolute Gasteiger partial charge is 0.481 e. The van der Waals surface area contributed by atoms with Crippen molar-refractivity contribution >= 4 is 11.9 Å². The molecule has 0 aromatic carbocycles. The summed E-state index contributed by atoms with van der Waals surface area (Å²) >= 11 is 0. The van der Waals surface area contributed by atoms with Gasteiger partial charge in [0, 0.05) is 19.4 Å². The van der Waals surface area contributed by atoms with Crippen molar-refractivity contribution in [1.82, 2.24) is 5.32 Å². The van der Waals surface area contributed by atoms with E-state index in [1.807, 2.05) is 0 Å². The maximum Gasteiger partial charge on any atom is 0.303 e. The van der Waals surface area contributed by atoms with E-state index < -0.39 is 5.97 Å². The van der Waals surface area contributed by atoms with Gasteiger partial charge >= 0.3 is 5.97 Å². The molecule has 0 heterocycles. The van der Waals surface area contributed by atoms with Gasteiger partial charge in [-0.1, -0.05) is 45.4 Å². The second kappa shape index (κ2) is 13.4. The maximum absolute atomic E-state index is 11.4. The molecule has 0 unspecified atom stereocenters. The minimum Gasteiger partial charge on any atom is -0.481 e. The first-order chi connectivity index (χ1) is 9.16. The van der Waals surface area contributed by atoms with Gasteiger partial charge < -0.3 is 10.4 Å². The van der Waals surface area contributed by atoms with Crippen LogP contribution < -0.4 is 5.32 Å². The molecule has 0 atom stereocenters. The van der Waals surface area contributed by atoms with Gasteiger partial charge in [0.25, 0.3) is 0 Å². The van der Waals surface area contributed by atoms with E-state index in [4.69, 9.17) is 5.11 Å². The van der Waals surface area contributed by atoms with Crippen LogP contribution in [-0.4, -0.2) is 23.5 Å². The second-order valence-corrected chi connectivity index (χ2v) is 5.07. The van der Waals surface area contributed by atoms with Crippen molar-refractivity contribution in [3.05, 3.63) is 0 Å². The Kier molecular flexibility index (Phi) is 12.6. The average molecular weight is 271 g/mol. The van der Waals surface area contributed by atoms with E-state index in [-0.39, 0.29) is 12.3 Å². The quantitative estimate of drug-likeness (QED) is 0.504. The lowest BCUT2D eigenvalue weighted by molar-refractivity contribution is -0.137. The summed E-state index contributed by atoms with van der Waals surface area (Å²) in [4.78, 5) is 21.7. The molecule has 19 heavy (non-hydrogen) atoms. The second-order valence-electron chi connectivity index (χ2n) is 5.07. The summed E-state index contributed by atoms with van der Waals surface area (Å²) < 4.78 is 0. The van der Waals surface area contributed by atoms with Crippen LogP contribution in [0.2, 0.25) is 0 Å². The molecule has 0 aliphatic carbocycles. The van der Waals surface area contributed by atoms with Crippen molar-refractivity contribution in [2.24, 2.45) is 0 Å². The Morgan fingerprint density at radius 1 is 0.842 bits per heavy atom. The molecule has 0 saturated heterocycles. The fraction of sp³-hybridized carbons (Fsp3) is 0.867. The van der Waals surface area contributed by atoms with Crippen LogP contribution in [0.15, 0.2) is 0 Å². The Bertz CT molecular complexity index is 242. The lowest BCUT2D eigenvalue weighted by atomic mass is 10.1. The Balaban J connectivity index is 3.19. The third-order valence-electron chi connectivity index (χ3n) is 3.15. The molecule has 4 heteroatoms. The molecule has 4 nitrogen and oxygen atoms in total. The summed E-state index contributed by atoms with van der Waals surface area (Å²) in [6.45, 7) is 2.81. The van der Waals surface area contributed by atoms with Crippen molar-refractivity contribution in [2.45, 2.75) is 77.6 Å². The van der Waals surface area contributed by atoms with E-state index in [1.165, 1.54) is 32.1 Å². The summed E-state index contributed by atoms with van der Waals surface area (Å²) in [5, 5.41) is 11.3. The predicted octanol–water partition coefficient (Wildman–Crippen LogP) is 3.50. The van der Waals surface area contributed by atoms with Gasteiger partial charge in [-0.2, -0.15) is 0 Å². The van der Waals surface area contributed by atoms with Crippen LogP contribution in [0.25, 0.3) is 0 Å². The van der Waals surface area contributed by atoms with Crippen molar-refractivity contribution < 1.29 is 14.7 Å². The molecular weight excluding hydrogens is 242 g/mol. The Hall–Kier alpha value is -1.06. The van der Waals surface area contributed by atoms with Crippen molar-refractivity contribution in [3.63, 3.8) is 0 Å². The van der Waals surface area contributed by atoms with Crippen LogP contribution in [0.3, 0.4) is 0 Å². The molecule has 0 bridgehead atoms. The van der Waals surface area contributed by atoms with Crippen molar-refractivity contribution in [1.29, 1.82) is 0 Å². The Morgan fingerprint density at radius 2 is 1.42 bits per heavy atom. The molecule has 0 rings (SSSR count). The van der Waals surface area contributed by atoms with E-state index in [9.17, 15) is 9.59 Å². The van der Waals surface area contributed by atoms with Gasteiger partial charge in [-0.3, -0.25) is 9.59 Å². The first-order valence-corrected chi connectivity index (χ1v) is 7.65. The molecule has 0 aromatic heterocycles. The van der Waals surface area contributed by atoms with Crippen LogP contribution in [0, 0.1) is 0 Å². The van der Waals surface area contributed by atoms with E-state index in [2.05, 4.69) is 12.2 Å². The van der Waals surface area contributed by atoms with Crippen LogP contribution in [0.4, 0.5) is 0 Å². The summed E-state index contributed by atoms with van der Waals surface area (Å²) in [5.41, 5.74) is 0. The standard InChI is InChI=1S/C15H29NO3/c1-2-3-4-5-6-7-8-11-14(17)16-13-10-9-12-15(18)19/h2-13H2,1H3,(H,16,17)(H,18,19). The van der Waals surface area contributed by atoms with Crippen LogP contribution in [-0.2, 0) is 9.59 Å². The number of hydrogen-bond acceptors (Lipinski definition) is 2. The molecule has 0 aromatic rings. The number of unbranched alkanes of at least 4 members (excludes halogenated alkanes) is 7. The van der Waals surface area contributed by atoms with Crippen molar-refractivity contribution in [2.75, 3.05) is 6.54 Å². The topological polar surface area (TPSA) is 66.4 Å².